The molecule has 2 aromatic carbocycles. The molecular weight excluding hydrogens is 370 g/mol. The smallest absolute Gasteiger partial charge is 0.256 e. The third kappa shape index (κ3) is 3.77. The number of anilines is 1. The molecule has 2 rings (SSSR count). The van der Waals surface area contributed by atoms with Gasteiger partial charge in [-0.1, -0.05) is 12.1 Å². The quantitative estimate of drug-likeness (QED) is 0.794. The molecule has 20 heavy (non-hydrogen) atoms. The van der Waals surface area contributed by atoms with Crippen LogP contribution in [0.3, 0.4) is 0 Å². The van der Waals surface area contributed by atoms with Gasteiger partial charge >= 0.3 is 0 Å². The van der Waals surface area contributed by atoms with E-state index >= 15 is 0 Å². The summed E-state index contributed by atoms with van der Waals surface area (Å²) in [6.45, 7) is 0.734. The fraction of sp³-hybridized carbons (Fsp3) is 0.133. The zero-order valence-electron chi connectivity index (χ0n) is 10.9. The fourth-order valence-corrected chi connectivity index (χ4v) is 2.56. The monoisotopic (exact) mass is 384 g/mol. The van der Waals surface area contributed by atoms with Crippen molar-refractivity contribution >= 4 is 34.2 Å². The van der Waals surface area contributed by atoms with E-state index in [4.69, 9.17) is 0 Å². The van der Waals surface area contributed by atoms with Gasteiger partial charge in [0.15, 0.2) is 0 Å². The van der Waals surface area contributed by atoms with Gasteiger partial charge in [-0.25, -0.2) is 4.39 Å². The number of benzene rings is 2. The normalized spacial score (nSPS) is 10.3. The summed E-state index contributed by atoms with van der Waals surface area (Å²) >= 11 is 1.95. The minimum atomic E-state index is -0.345. The molecule has 0 aliphatic carbocycles. The largest absolute Gasteiger partial charge is 0.322 e. The molecule has 0 spiro atoms. The Morgan fingerprint density at radius 2 is 2.05 bits per heavy atom. The van der Waals surface area contributed by atoms with E-state index in [1.165, 1.54) is 18.2 Å². The maximum atomic E-state index is 13.0. The SMILES string of the molecule is CNCc1cccc(NC(=O)c2ccc(F)cc2I)c1. The predicted molar refractivity (Wildman–Crippen MR) is 86.3 cm³/mol. The van der Waals surface area contributed by atoms with Crippen LogP contribution in [0.4, 0.5) is 10.1 Å². The van der Waals surface area contributed by atoms with Crippen LogP contribution < -0.4 is 10.6 Å². The molecule has 2 aromatic rings. The van der Waals surface area contributed by atoms with E-state index in [2.05, 4.69) is 10.6 Å². The summed E-state index contributed by atoms with van der Waals surface area (Å²) in [7, 11) is 1.87. The highest BCUT2D eigenvalue weighted by Crippen LogP contribution is 2.17. The van der Waals surface area contributed by atoms with Gasteiger partial charge in [-0.15, -0.1) is 0 Å². The van der Waals surface area contributed by atoms with Gasteiger partial charge in [0.2, 0.25) is 0 Å². The van der Waals surface area contributed by atoms with Crippen LogP contribution in [0.5, 0.6) is 0 Å². The van der Waals surface area contributed by atoms with Gasteiger partial charge in [0.25, 0.3) is 5.91 Å². The van der Waals surface area contributed by atoms with Crippen molar-refractivity contribution in [1.29, 1.82) is 0 Å². The zero-order chi connectivity index (χ0) is 14.5. The van der Waals surface area contributed by atoms with Gasteiger partial charge in [-0.05, 0) is 65.5 Å². The molecule has 0 aromatic heterocycles. The van der Waals surface area contributed by atoms with E-state index in [9.17, 15) is 9.18 Å². The Bertz CT molecular complexity index is 631. The summed E-state index contributed by atoms with van der Waals surface area (Å²) in [6.07, 6.45) is 0. The Labute approximate surface area is 130 Å². The number of carbonyl (C=O) groups is 1. The van der Waals surface area contributed by atoms with Crippen molar-refractivity contribution in [3.05, 3.63) is 63.0 Å². The van der Waals surface area contributed by atoms with Gasteiger partial charge < -0.3 is 10.6 Å². The average molecular weight is 384 g/mol. The molecule has 0 aliphatic heterocycles. The number of amides is 1. The Kier molecular flexibility index (Phi) is 5.08. The summed E-state index contributed by atoms with van der Waals surface area (Å²) in [5.41, 5.74) is 2.27. The van der Waals surface area contributed by atoms with Crippen LogP contribution in [0.25, 0.3) is 0 Å². The van der Waals surface area contributed by atoms with E-state index in [0.29, 0.717) is 9.13 Å². The van der Waals surface area contributed by atoms with Gasteiger partial charge in [0.1, 0.15) is 5.82 Å². The number of nitrogens with one attached hydrogen (secondary N) is 2. The number of rotatable bonds is 4. The summed E-state index contributed by atoms with van der Waals surface area (Å²) < 4.78 is 13.6. The molecule has 0 saturated heterocycles. The van der Waals surface area contributed by atoms with Crippen molar-refractivity contribution in [1.82, 2.24) is 5.32 Å². The number of hydrogen-bond donors (Lipinski definition) is 2. The second kappa shape index (κ2) is 6.81. The topological polar surface area (TPSA) is 41.1 Å². The lowest BCUT2D eigenvalue weighted by Crippen LogP contribution is -2.14. The Balaban J connectivity index is 2.17. The molecule has 0 radical (unpaired) electrons. The van der Waals surface area contributed by atoms with Crippen molar-refractivity contribution < 1.29 is 9.18 Å². The summed E-state index contributed by atoms with van der Waals surface area (Å²) in [5.74, 6) is -0.585. The molecule has 0 bridgehead atoms. The predicted octanol–water partition coefficient (Wildman–Crippen LogP) is 3.40. The van der Waals surface area contributed by atoms with E-state index in [0.717, 1.165) is 17.8 Å². The average Bonchev–Trinajstić information content (AvgIpc) is 2.39. The van der Waals surface area contributed by atoms with Gasteiger partial charge in [0.05, 0.1) is 5.56 Å². The third-order valence-corrected chi connectivity index (χ3v) is 3.63. The molecule has 5 heteroatoms. The van der Waals surface area contributed by atoms with Crippen molar-refractivity contribution in [3.63, 3.8) is 0 Å². The first-order chi connectivity index (χ1) is 9.60. The van der Waals surface area contributed by atoms with E-state index < -0.39 is 0 Å². The van der Waals surface area contributed by atoms with Gasteiger partial charge in [0, 0.05) is 15.8 Å². The first-order valence-corrected chi connectivity index (χ1v) is 7.18. The second-order valence-corrected chi connectivity index (χ2v) is 5.47. The molecule has 104 valence electrons. The molecule has 0 aliphatic rings. The first kappa shape index (κ1) is 14.9. The Morgan fingerprint density at radius 1 is 1.25 bits per heavy atom. The lowest BCUT2D eigenvalue weighted by molar-refractivity contribution is 0.102. The molecule has 1 amide bonds. The molecular formula is C15H14FIN2O. The molecule has 0 atom stereocenters. The highest BCUT2D eigenvalue weighted by Gasteiger charge is 2.11. The highest BCUT2D eigenvalue weighted by molar-refractivity contribution is 14.1. The maximum absolute atomic E-state index is 13.0. The number of carbonyl (C=O) groups excluding carboxylic acids is 1. The molecule has 2 N–H and O–H groups in total. The minimum absolute atomic E-state index is 0.240. The van der Waals surface area contributed by atoms with Crippen molar-refractivity contribution in [2.75, 3.05) is 12.4 Å². The Morgan fingerprint density at radius 3 is 2.75 bits per heavy atom. The molecule has 0 saturated carbocycles. The fourth-order valence-electron chi connectivity index (χ4n) is 1.84. The minimum Gasteiger partial charge on any atom is -0.322 e. The van der Waals surface area contributed by atoms with Crippen LogP contribution in [0.2, 0.25) is 0 Å². The number of halogens is 2. The standard InChI is InChI=1S/C15H14FIN2O/c1-18-9-10-3-2-4-12(7-10)19-15(20)13-6-5-11(16)8-14(13)17/h2-8,18H,9H2,1H3,(H,19,20). The van der Waals surface area contributed by atoms with Crippen LogP contribution in [-0.4, -0.2) is 13.0 Å². The highest BCUT2D eigenvalue weighted by atomic mass is 127. The van der Waals surface area contributed by atoms with Crippen LogP contribution in [-0.2, 0) is 6.54 Å². The Hall–Kier alpha value is -1.47. The first-order valence-electron chi connectivity index (χ1n) is 6.10. The second-order valence-electron chi connectivity index (χ2n) is 4.31. The van der Waals surface area contributed by atoms with Crippen LogP contribution in [0.1, 0.15) is 15.9 Å². The summed E-state index contributed by atoms with van der Waals surface area (Å²) in [4.78, 5) is 12.2. The molecule has 3 nitrogen and oxygen atoms in total. The van der Waals surface area contributed by atoms with Crippen molar-refractivity contribution in [3.8, 4) is 0 Å². The van der Waals surface area contributed by atoms with Crippen molar-refractivity contribution in [2.24, 2.45) is 0 Å². The molecule has 0 heterocycles. The molecule has 0 unspecified atom stereocenters. The third-order valence-electron chi connectivity index (χ3n) is 2.74. The van der Waals surface area contributed by atoms with Crippen LogP contribution in [0, 0.1) is 9.39 Å². The zero-order valence-corrected chi connectivity index (χ0v) is 13.1. The van der Waals surface area contributed by atoms with E-state index in [-0.39, 0.29) is 11.7 Å². The lowest BCUT2D eigenvalue weighted by Gasteiger charge is -2.08. The summed E-state index contributed by atoms with van der Waals surface area (Å²) in [6, 6.07) is 11.7. The maximum Gasteiger partial charge on any atom is 0.256 e. The van der Waals surface area contributed by atoms with Crippen molar-refractivity contribution in [2.45, 2.75) is 6.54 Å². The van der Waals surface area contributed by atoms with Gasteiger partial charge in [-0.2, -0.15) is 0 Å². The number of hydrogen-bond acceptors (Lipinski definition) is 2. The van der Waals surface area contributed by atoms with Gasteiger partial charge in [-0.3, -0.25) is 4.79 Å². The van der Waals surface area contributed by atoms with Crippen LogP contribution in [0.15, 0.2) is 42.5 Å². The summed E-state index contributed by atoms with van der Waals surface area (Å²) in [5, 5.41) is 5.88. The lowest BCUT2D eigenvalue weighted by atomic mass is 10.1. The van der Waals surface area contributed by atoms with E-state index in [1.807, 2.05) is 53.9 Å². The van der Waals surface area contributed by atoms with E-state index in [1.54, 1.807) is 0 Å². The molecule has 0 fully saturated rings. The van der Waals surface area contributed by atoms with Crippen LogP contribution >= 0.6 is 22.6 Å².